The van der Waals surface area contributed by atoms with Crippen LogP contribution in [-0.4, -0.2) is 30.6 Å². The zero-order valence-electron chi connectivity index (χ0n) is 10.6. The van der Waals surface area contributed by atoms with Crippen molar-refractivity contribution in [3.05, 3.63) is 35.9 Å². The molecule has 0 heterocycles. The molecule has 0 spiro atoms. The van der Waals surface area contributed by atoms with Gasteiger partial charge in [0.15, 0.2) is 0 Å². The van der Waals surface area contributed by atoms with Crippen LogP contribution < -0.4 is 0 Å². The number of phenols is 1. The molecule has 2 nitrogen and oxygen atoms in total. The number of phenolic OH excluding ortho intramolecular Hbond substituents is 1. The summed E-state index contributed by atoms with van der Waals surface area (Å²) in [6, 6.07) is 7.45. The topological polar surface area (TPSA) is 23.5 Å². The van der Waals surface area contributed by atoms with Crippen LogP contribution in [0.1, 0.15) is 19.4 Å². The normalized spacial score (nSPS) is 14.2. The zero-order chi connectivity index (χ0) is 12.1. The van der Waals surface area contributed by atoms with Crippen molar-refractivity contribution < 1.29 is 5.11 Å². The maximum Gasteiger partial charge on any atom is 0.116 e. The molecule has 1 N–H and O–H groups in total. The SMILES string of the molecule is CC=C(c1cccc(O)c1)[C@H](C)CN(C)C. The summed E-state index contributed by atoms with van der Waals surface area (Å²) in [6.07, 6.45) is 2.13. The number of rotatable bonds is 4. The van der Waals surface area contributed by atoms with Crippen molar-refractivity contribution in [2.75, 3.05) is 20.6 Å². The fourth-order valence-electron chi connectivity index (χ4n) is 2.07. The Hall–Kier alpha value is -1.28. The molecule has 0 unspecified atom stereocenters. The Labute approximate surface area is 98.2 Å². The monoisotopic (exact) mass is 219 g/mol. The molecule has 88 valence electrons. The largest absolute Gasteiger partial charge is 0.508 e. The second kappa shape index (κ2) is 5.71. The summed E-state index contributed by atoms with van der Waals surface area (Å²) in [6.45, 7) is 5.26. The summed E-state index contributed by atoms with van der Waals surface area (Å²) in [5.74, 6) is 0.788. The van der Waals surface area contributed by atoms with E-state index in [0.29, 0.717) is 11.7 Å². The summed E-state index contributed by atoms with van der Waals surface area (Å²) in [5, 5.41) is 9.48. The lowest BCUT2D eigenvalue weighted by molar-refractivity contribution is 0.376. The van der Waals surface area contributed by atoms with Gasteiger partial charge in [0.05, 0.1) is 0 Å². The van der Waals surface area contributed by atoms with E-state index in [4.69, 9.17) is 0 Å². The van der Waals surface area contributed by atoms with Gasteiger partial charge in [-0.15, -0.1) is 0 Å². The van der Waals surface area contributed by atoms with E-state index in [2.05, 4.69) is 32.0 Å². The molecule has 0 radical (unpaired) electrons. The van der Waals surface area contributed by atoms with Gasteiger partial charge >= 0.3 is 0 Å². The molecular formula is C14H21NO. The molecule has 0 amide bonds. The second-order valence-electron chi connectivity index (χ2n) is 4.46. The maximum absolute atomic E-state index is 9.48. The van der Waals surface area contributed by atoms with Crippen LogP contribution >= 0.6 is 0 Å². The Bertz CT molecular complexity index is 369. The summed E-state index contributed by atoms with van der Waals surface area (Å²) in [7, 11) is 4.15. The highest BCUT2D eigenvalue weighted by molar-refractivity contribution is 5.68. The fraction of sp³-hybridized carbons (Fsp3) is 0.429. The second-order valence-corrected chi connectivity index (χ2v) is 4.46. The van der Waals surface area contributed by atoms with Gasteiger partial charge in [0.2, 0.25) is 0 Å². The first-order chi connectivity index (χ1) is 7.54. The quantitative estimate of drug-likeness (QED) is 0.841. The number of allylic oxidation sites excluding steroid dienone is 1. The van der Waals surface area contributed by atoms with Crippen molar-refractivity contribution >= 4 is 5.57 Å². The lowest BCUT2D eigenvalue weighted by Crippen LogP contribution is -2.20. The molecule has 0 aliphatic carbocycles. The smallest absolute Gasteiger partial charge is 0.116 e. The van der Waals surface area contributed by atoms with E-state index in [0.717, 1.165) is 12.1 Å². The van der Waals surface area contributed by atoms with Crippen LogP contribution in [0.4, 0.5) is 0 Å². The first-order valence-electron chi connectivity index (χ1n) is 5.65. The molecule has 1 atom stereocenters. The maximum atomic E-state index is 9.48. The van der Waals surface area contributed by atoms with Crippen molar-refractivity contribution in [3.63, 3.8) is 0 Å². The van der Waals surface area contributed by atoms with Crippen molar-refractivity contribution in [2.24, 2.45) is 5.92 Å². The minimum absolute atomic E-state index is 0.328. The number of hydrogen-bond donors (Lipinski definition) is 1. The van der Waals surface area contributed by atoms with E-state index in [1.807, 2.05) is 25.1 Å². The standard InChI is InChI=1S/C14H21NO/c1-5-14(11(2)10-15(3)4)12-7-6-8-13(16)9-12/h5-9,11,16H,10H2,1-4H3/t11-/m1/s1. The van der Waals surface area contributed by atoms with Gasteiger partial charge in [-0.3, -0.25) is 0 Å². The average Bonchev–Trinajstić information content (AvgIpc) is 2.17. The highest BCUT2D eigenvalue weighted by Crippen LogP contribution is 2.26. The fourth-order valence-corrected chi connectivity index (χ4v) is 2.07. The van der Waals surface area contributed by atoms with Gasteiger partial charge in [0.25, 0.3) is 0 Å². The van der Waals surface area contributed by atoms with Crippen molar-refractivity contribution in [1.82, 2.24) is 4.90 Å². The predicted octanol–water partition coefficient (Wildman–Crippen LogP) is 2.99. The molecule has 0 saturated carbocycles. The number of aromatic hydroxyl groups is 1. The highest BCUT2D eigenvalue weighted by Gasteiger charge is 2.11. The average molecular weight is 219 g/mol. The van der Waals surface area contributed by atoms with E-state index in [1.54, 1.807) is 6.07 Å². The zero-order valence-corrected chi connectivity index (χ0v) is 10.6. The number of hydrogen-bond acceptors (Lipinski definition) is 2. The summed E-state index contributed by atoms with van der Waals surface area (Å²) >= 11 is 0. The molecule has 0 aliphatic rings. The third-order valence-electron chi connectivity index (χ3n) is 2.66. The van der Waals surface area contributed by atoms with Gasteiger partial charge in [-0.05, 0) is 50.2 Å². The molecule has 0 bridgehead atoms. The van der Waals surface area contributed by atoms with Crippen molar-refractivity contribution in [2.45, 2.75) is 13.8 Å². The van der Waals surface area contributed by atoms with E-state index >= 15 is 0 Å². The first kappa shape index (κ1) is 12.8. The molecule has 1 rings (SSSR count). The summed E-state index contributed by atoms with van der Waals surface area (Å²) < 4.78 is 0. The van der Waals surface area contributed by atoms with Crippen molar-refractivity contribution in [3.8, 4) is 5.75 Å². The van der Waals surface area contributed by atoms with Gasteiger partial charge < -0.3 is 10.0 Å². The predicted molar refractivity (Wildman–Crippen MR) is 69.5 cm³/mol. The Balaban J connectivity index is 2.91. The molecule has 1 aromatic carbocycles. The van der Waals surface area contributed by atoms with E-state index in [-0.39, 0.29) is 0 Å². The molecule has 16 heavy (non-hydrogen) atoms. The lowest BCUT2D eigenvalue weighted by atomic mass is 9.93. The van der Waals surface area contributed by atoms with Crippen LogP contribution in [0.25, 0.3) is 5.57 Å². The number of benzene rings is 1. The number of nitrogens with zero attached hydrogens (tertiary/aromatic N) is 1. The van der Waals surface area contributed by atoms with Gasteiger partial charge in [-0.1, -0.05) is 25.1 Å². The first-order valence-corrected chi connectivity index (χ1v) is 5.65. The van der Waals surface area contributed by atoms with Crippen LogP contribution in [0.3, 0.4) is 0 Å². The Kier molecular flexibility index (Phi) is 4.56. The third-order valence-corrected chi connectivity index (χ3v) is 2.66. The van der Waals surface area contributed by atoms with Crippen LogP contribution in [0.15, 0.2) is 30.3 Å². The lowest BCUT2D eigenvalue weighted by Gasteiger charge is -2.20. The highest BCUT2D eigenvalue weighted by atomic mass is 16.3. The molecule has 2 heteroatoms. The molecule has 0 aromatic heterocycles. The van der Waals surface area contributed by atoms with Crippen LogP contribution in [0, 0.1) is 5.92 Å². The minimum atomic E-state index is 0.328. The van der Waals surface area contributed by atoms with Crippen LogP contribution in [0.2, 0.25) is 0 Å². The van der Waals surface area contributed by atoms with E-state index < -0.39 is 0 Å². The Morgan fingerprint density at radius 1 is 1.44 bits per heavy atom. The van der Waals surface area contributed by atoms with Gasteiger partial charge in [0, 0.05) is 6.54 Å². The van der Waals surface area contributed by atoms with Gasteiger partial charge in [-0.2, -0.15) is 0 Å². The van der Waals surface area contributed by atoms with E-state index in [1.165, 1.54) is 5.57 Å². The van der Waals surface area contributed by atoms with Gasteiger partial charge in [0.1, 0.15) is 5.75 Å². The van der Waals surface area contributed by atoms with E-state index in [9.17, 15) is 5.11 Å². The Morgan fingerprint density at radius 2 is 2.12 bits per heavy atom. The minimum Gasteiger partial charge on any atom is -0.508 e. The summed E-state index contributed by atoms with van der Waals surface area (Å²) in [5.41, 5.74) is 2.39. The van der Waals surface area contributed by atoms with Gasteiger partial charge in [-0.25, -0.2) is 0 Å². The van der Waals surface area contributed by atoms with Crippen LogP contribution in [-0.2, 0) is 0 Å². The third kappa shape index (κ3) is 3.38. The molecule has 0 aliphatic heterocycles. The summed E-state index contributed by atoms with van der Waals surface area (Å²) in [4.78, 5) is 2.18. The molecule has 0 fully saturated rings. The van der Waals surface area contributed by atoms with Crippen LogP contribution in [0.5, 0.6) is 5.75 Å². The molecule has 0 saturated heterocycles. The Morgan fingerprint density at radius 3 is 2.62 bits per heavy atom. The molecular weight excluding hydrogens is 198 g/mol. The van der Waals surface area contributed by atoms with Crippen molar-refractivity contribution in [1.29, 1.82) is 0 Å². The molecule has 1 aromatic rings.